The Morgan fingerprint density at radius 2 is 1.85 bits per heavy atom. The highest BCUT2D eigenvalue weighted by molar-refractivity contribution is 5.98. The van der Waals surface area contributed by atoms with Gasteiger partial charge in [0, 0.05) is 25.6 Å². The van der Waals surface area contributed by atoms with Crippen LogP contribution in [0.5, 0.6) is 17.2 Å². The third-order valence-corrected chi connectivity index (χ3v) is 5.84. The first-order valence-corrected chi connectivity index (χ1v) is 11.0. The molecule has 8 heteroatoms. The van der Waals surface area contributed by atoms with Crippen molar-refractivity contribution >= 4 is 11.9 Å². The number of carbonyl (C=O) groups is 1. The molecule has 3 rings (SSSR count). The van der Waals surface area contributed by atoms with Crippen molar-refractivity contribution in [1.29, 1.82) is 5.41 Å². The number of likely N-dealkylation sites (N-methyl/N-ethyl adjacent to an activating group) is 1. The Balaban J connectivity index is 2.03. The summed E-state index contributed by atoms with van der Waals surface area (Å²) in [5.74, 6) is 0.808. The van der Waals surface area contributed by atoms with Gasteiger partial charge in [-0.25, -0.2) is 0 Å². The number of rotatable bonds is 8. The van der Waals surface area contributed by atoms with E-state index < -0.39 is 11.5 Å². The smallest absolute Gasteiger partial charge is 0.236 e. The van der Waals surface area contributed by atoms with Crippen molar-refractivity contribution in [2.75, 3.05) is 34.5 Å². The summed E-state index contributed by atoms with van der Waals surface area (Å²) in [6.45, 7) is 4.98. The summed E-state index contributed by atoms with van der Waals surface area (Å²) < 4.78 is 22.9. The number of carbonyl (C=O) groups excluding carboxylic acids is 1. The predicted octanol–water partition coefficient (Wildman–Crippen LogP) is 3.77. The molecular formula is C25H33N3O5. The van der Waals surface area contributed by atoms with Gasteiger partial charge in [0.15, 0.2) is 17.5 Å². The molecule has 1 aliphatic heterocycles. The number of fused-ring (bicyclic) bond motifs is 1. The third-order valence-electron chi connectivity index (χ3n) is 5.84. The van der Waals surface area contributed by atoms with Crippen LogP contribution < -0.4 is 19.9 Å². The van der Waals surface area contributed by atoms with Gasteiger partial charge in [-0.3, -0.25) is 15.1 Å². The van der Waals surface area contributed by atoms with Crippen molar-refractivity contribution in [3.8, 4) is 28.4 Å². The minimum atomic E-state index is -0.676. The van der Waals surface area contributed by atoms with E-state index in [0.29, 0.717) is 36.9 Å². The average Bonchev–Trinajstić information content (AvgIpc) is 2.81. The Hall–Kier alpha value is -3.26. The lowest BCUT2D eigenvalue weighted by Gasteiger charge is -2.40. The van der Waals surface area contributed by atoms with Crippen molar-refractivity contribution < 1.29 is 23.7 Å². The summed E-state index contributed by atoms with van der Waals surface area (Å²) in [4.78, 5) is 14.5. The maximum Gasteiger partial charge on any atom is 0.236 e. The molecule has 0 aromatic heterocycles. The highest BCUT2D eigenvalue weighted by atomic mass is 16.5. The van der Waals surface area contributed by atoms with Crippen LogP contribution in [0.2, 0.25) is 0 Å². The first kappa shape index (κ1) is 24.4. The predicted molar refractivity (Wildman–Crippen MR) is 127 cm³/mol. The highest BCUT2D eigenvalue weighted by Gasteiger charge is 2.42. The van der Waals surface area contributed by atoms with Crippen LogP contribution in [0.1, 0.15) is 38.2 Å². The molecule has 1 amide bonds. The molecule has 1 unspecified atom stereocenters. The molecule has 8 nitrogen and oxygen atoms in total. The van der Waals surface area contributed by atoms with E-state index in [2.05, 4.69) is 0 Å². The summed E-state index contributed by atoms with van der Waals surface area (Å²) in [7, 11) is 4.70. The van der Waals surface area contributed by atoms with Gasteiger partial charge in [-0.15, -0.1) is 0 Å². The second kappa shape index (κ2) is 10.1. The lowest BCUT2D eigenvalue weighted by atomic mass is 9.81. The lowest BCUT2D eigenvalue weighted by molar-refractivity contribution is -0.131. The molecule has 1 aliphatic rings. The van der Waals surface area contributed by atoms with E-state index in [1.165, 1.54) is 11.9 Å². The molecule has 0 aliphatic carbocycles. The van der Waals surface area contributed by atoms with Crippen LogP contribution in [-0.4, -0.2) is 56.8 Å². The quantitative estimate of drug-likeness (QED) is 0.356. The van der Waals surface area contributed by atoms with Crippen LogP contribution in [0.25, 0.3) is 11.1 Å². The molecule has 0 bridgehead atoms. The topological polar surface area (TPSA) is 107 Å². The molecule has 0 saturated carbocycles. The number of hydrogen-bond acceptors (Lipinski definition) is 6. The van der Waals surface area contributed by atoms with Crippen LogP contribution in [0, 0.1) is 5.41 Å². The van der Waals surface area contributed by atoms with E-state index in [9.17, 15) is 4.79 Å². The van der Waals surface area contributed by atoms with Gasteiger partial charge in [-0.05, 0) is 48.7 Å². The van der Waals surface area contributed by atoms with Crippen LogP contribution in [-0.2, 0) is 9.53 Å². The van der Waals surface area contributed by atoms with Crippen LogP contribution in [0.4, 0.5) is 0 Å². The number of benzene rings is 2. The molecule has 0 saturated heterocycles. The van der Waals surface area contributed by atoms with E-state index in [4.69, 9.17) is 30.1 Å². The zero-order valence-electron chi connectivity index (χ0n) is 19.9. The van der Waals surface area contributed by atoms with Crippen molar-refractivity contribution in [2.24, 2.45) is 5.73 Å². The van der Waals surface area contributed by atoms with Crippen LogP contribution in [0.3, 0.4) is 0 Å². The minimum absolute atomic E-state index is 0.252. The van der Waals surface area contributed by atoms with E-state index >= 15 is 0 Å². The number of guanidine groups is 1. The second-order valence-electron chi connectivity index (χ2n) is 8.47. The molecule has 3 N–H and O–H groups in total. The lowest BCUT2D eigenvalue weighted by Crippen LogP contribution is -2.48. The van der Waals surface area contributed by atoms with Gasteiger partial charge in [0.05, 0.1) is 26.7 Å². The molecule has 2 atom stereocenters. The van der Waals surface area contributed by atoms with Crippen molar-refractivity contribution in [3.63, 3.8) is 0 Å². The normalized spacial score (nSPS) is 19.2. The standard InChI is InChI=1S/C25H33N3O5/c1-6-11-32-15-25(2)14-19(23(29)28(3)24(26)27)18-12-16(7-9-20(18)33-25)17-8-10-21(30-4)22(13-17)31-5/h7-10,12-13,19H,6,11,14-15H2,1-5H3,(H3,26,27)/t19?,25-/m1/s1. The summed E-state index contributed by atoms with van der Waals surface area (Å²) >= 11 is 0. The fourth-order valence-corrected chi connectivity index (χ4v) is 4.05. The van der Waals surface area contributed by atoms with Gasteiger partial charge in [0.25, 0.3) is 0 Å². The SMILES string of the molecule is CCCOC[C@@]1(C)CC(C(=O)N(C)C(=N)N)c2cc(-c3ccc(OC)c(OC)c3)ccc2O1. The molecule has 1 heterocycles. The zero-order chi connectivity index (χ0) is 24.2. The largest absolute Gasteiger partial charge is 0.493 e. The number of amides is 1. The first-order chi connectivity index (χ1) is 15.7. The fourth-order valence-electron chi connectivity index (χ4n) is 4.05. The van der Waals surface area contributed by atoms with Gasteiger partial charge >= 0.3 is 0 Å². The average molecular weight is 456 g/mol. The summed E-state index contributed by atoms with van der Waals surface area (Å²) in [6.07, 6.45) is 1.31. The molecule has 2 aromatic rings. The summed E-state index contributed by atoms with van der Waals surface area (Å²) in [6, 6.07) is 11.5. The van der Waals surface area contributed by atoms with E-state index in [1.54, 1.807) is 14.2 Å². The van der Waals surface area contributed by atoms with Crippen molar-refractivity contribution in [1.82, 2.24) is 4.90 Å². The molecule has 178 valence electrons. The van der Waals surface area contributed by atoms with Gasteiger partial charge in [-0.2, -0.15) is 0 Å². The zero-order valence-corrected chi connectivity index (χ0v) is 19.9. The van der Waals surface area contributed by atoms with Gasteiger partial charge in [0.1, 0.15) is 11.4 Å². The maximum atomic E-state index is 13.3. The number of methoxy groups -OCH3 is 2. The number of nitrogens with zero attached hydrogens (tertiary/aromatic N) is 1. The van der Waals surface area contributed by atoms with Crippen molar-refractivity contribution in [3.05, 3.63) is 42.0 Å². The monoisotopic (exact) mass is 455 g/mol. The first-order valence-electron chi connectivity index (χ1n) is 11.0. The van der Waals surface area contributed by atoms with Gasteiger partial charge in [-0.1, -0.05) is 19.1 Å². The molecule has 0 fully saturated rings. The Morgan fingerprint density at radius 1 is 1.18 bits per heavy atom. The molecule has 33 heavy (non-hydrogen) atoms. The minimum Gasteiger partial charge on any atom is -0.493 e. The van der Waals surface area contributed by atoms with Gasteiger partial charge < -0.3 is 24.7 Å². The van der Waals surface area contributed by atoms with Crippen LogP contribution >= 0.6 is 0 Å². The highest BCUT2D eigenvalue weighted by Crippen LogP contribution is 2.44. The van der Waals surface area contributed by atoms with E-state index in [1.807, 2.05) is 50.2 Å². The van der Waals surface area contributed by atoms with E-state index in [0.717, 1.165) is 23.1 Å². The van der Waals surface area contributed by atoms with E-state index in [-0.39, 0.29) is 11.9 Å². The number of hydrogen-bond donors (Lipinski definition) is 2. The Kier molecular flexibility index (Phi) is 7.48. The summed E-state index contributed by atoms with van der Waals surface area (Å²) in [5.41, 5.74) is 7.53. The van der Waals surface area contributed by atoms with Gasteiger partial charge in [0.2, 0.25) is 5.91 Å². The Morgan fingerprint density at radius 3 is 2.48 bits per heavy atom. The maximum absolute atomic E-state index is 13.3. The Labute approximate surface area is 195 Å². The third kappa shape index (κ3) is 5.22. The molecule has 0 spiro atoms. The number of nitrogens with one attached hydrogen (secondary N) is 1. The fraction of sp³-hybridized carbons (Fsp3) is 0.440. The molecular weight excluding hydrogens is 422 g/mol. The number of ether oxygens (including phenoxy) is 4. The Bertz CT molecular complexity index is 1030. The van der Waals surface area contributed by atoms with Crippen LogP contribution in [0.15, 0.2) is 36.4 Å². The molecule has 0 radical (unpaired) electrons. The summed E-state index contributed by atoms with van der Waals surface area (Å²) in [5, 5.41) is 7.73. The second-order valence-corrected chi connectivity index (χ2v) is 8.47. The number of nitrogens with two attached hydrogens (primary N) is 1. The molecule has 2 aromatic carbocycles. The van der Waals surface area contributed by atoms with Crippen molar-refractivity contribution in [2.45, 2.75) is 38.2 Å².